The summed E-state index contributed by atoms with van der Waals surface area (Å²) in [4.78, 5) is 20.3. The van der Waals surface area contributed by atoms with Crippen LogP contribution in [-0.2, 0) is 24.4 Å². The van der Waals surface area contributed by atoms with E-state index in [1.54, 1.807) is 18.2 Å². The molecular formula is C10H11NO6S. The van der Waals surface area contributed by atoms with Gasteiger partial charge in [0.25, 0.3) is 10.1 Å². The second-order valence-electron chi connectivity index (χ2n) is 3.39. The molecular weight excluding hydrogens is 262 g/mol. The lowest BCUT2D eigenvalue weighted by Gasteiger charge is -1.92. The molecule has 1 heterocycles. The van der Waals surface area contributed by atoms with Crippen LogP contribution >= 0.6 is 0 Å². The van der Waals surface area contributed by atoms with E-state index >= 15 is 0 Å². The highest BCUT2D eigenvalue weighted by Crippen LogP contribution is 2.05. The van der Waals surface area contributed by atoms with Gasteiger partial charge in [0.2, 0.25) is 0 Å². The van der Waals surface area contributed by atoms with Gasteiger partial charge >= 0.3 is 11.9 Å². The lowest BCUT2D eigenvalue weighted by Crippen LogP contribution is -2.24. The van der Waals surface area contributed by atoms with Crippen LogP contribution in [-0.4, -0.2) is 31.0 Å². The lowest BCUT2D eigenvalue weighted by molar-refractivity contribution is -0.152. The predicted octanol–water partition coefficient (Wildman–Crippen LogP) is -0.279. The van der Waals surface area contributed by atoms with Gasteiger partial charge in [0.1, 0.15) is 6.04 Å². The molecule has 7 nitrogen and oxygen atoms in total. The van der Waals surface area contributed by atoms with Crippen LogP contribution in [0.2, 0.25) is 0 Å². The van der Waals surface area contributed by atoms with Crippen LogP contribution in [0.25, 0.3) is 0 Å². The zero-order chi connectivity index (χ0) is 13.8. The fourth-order valence-corrected chi connectivity index (χ4v) is 1.59. The molecule has 0 radical (unpaired) electrons. The number of carbonyl (C=O) groups is 2. The second kappa shape index (κ2) is 5.71. The second-order valence-corrected chi connectivity index (χ2v) is 4.81. The number of ether oxygens (including phenoxy) is 1. The highest BCUT2D eigenvalue weighted by molar-refractivity contribution is 7.85. The van der Waals surface area contributed by atoms with Gasteiger partial charge < -0.3 is 10.5 Å². The third-order valence-electron chi connectivity index (χ3n) is 1.94. The van der Waals surface area contributed by atoms with E-state index in [1.807, 2.05) is 0 Å². The summed E-state index contributed by atoms with van der Waals surface area (Å²) in [5.41, 5.74) is 5.07. The summed E-state index contributed by atoms with van der Waals surface area (Å²) in [5.74, 6) is -1.14. The van der Waals surface area contributed by atoms with Gasteiger partial charge in [0, 0.05) is 0 Å². The molecule has 8 heteroatoms. The average molecular weight is 273 g/mol. The number of rotatable bonds is 1. The monoisotopic (exact) mass is 273 g/mol. The standard InChI is InChI=1S/C6H6O3S.C4H5NO3/c7-10(8,9)6-4-2-1-3-5-6;5-2-1-3(6)8-4(2)7/h1-5H,(H,7,8,9);2H,1,5H2/t;2-/m.0/s1. The topological polar surface area (TPSA) is 124 Å². The van der Waals surface area contributed by atoms with Crippen LogP contribution in [0.15, 0.2) is 35.2 Å². The van der Waals surface area contributed by atoms with Crippen LogP contribution in [0, 0.1) is 0 Å². The van der Waals surface area contributed by atoms with Crippen molar-refractivity contribution in [3.63, 3.8) is 0 Å². The largest absolute Gasteiger partial charge is 0.392 e. The maximum atomic E-state index is 10.4. The highest BCUT2D eigenvalue weighted by atomic mass is 32.2. The molecule has 0 amide bonds. The molecule has 1 aromatic rings. The van der Waals surface area contributed by atoms with Gasteiger partial charge in [-0.2, -0.15) is 8.42 Å². The van der Waals surface area contributed by atoms with E-state index in [0.717, 1.165) is 0 Å². The zero-order valence-electron chi connectivity index (χ0n) is 9.15. The quantitative estimate of drug-likeness (QED) is 0.409. The normalized spacial score (nSPS) is 18.9. The van der Waals surface area contributed by atoms with Crippen LogP contribution < -0.4 is 5.73 Å². The van der Waals surface area contributed by atoms with E-state index in [-0.39, 0.29) is 11.3 Å². The van der Waals surface area contributed by atoms with Crippen molar-refractivity contribution in [1.29, 1.82) is 0 Å². The van der Waals surface area contributed by atoms with E-state index in [2.05, 4.69) is 4.74 Å². The van der Waals surface area contributed by atoms with Gasteiger partial charge in [0.15, 0.2) is 0 Å². The lowest BCUT2D eigenvalue weighted by atomic mass is 10.3. The fourth-order valence-electron chi connectivity index (χ4n) is 1.08. The molecule has 1 aliphatic heterocycles. The van der Waals surface area contributed by atoms with Crippen molar-refractivity contribution < 1.29 is 27.3 Å². The Kier molecular flexibility index (Phi) is 4.54. The van der Waals surface area contributed by atoms with E-state index in [4.69, 9.17) is 10.3 Å². The molecule has 0 saturated carbocycles. The Labute approximate surface area is 103 Å². The molecule has 0 aliphatic carbocycles. The smallest absolute Gasteiger partial charge is 0.331 e. The van der Waals surface area contributed by atoms with Crippen LogP contribution in [0.5, 0.6) is 0 Å². The molecule has 1 atom stereocenters. The van der Waals surface area contributed by atoms with Gasteiger partial charge in [-0.05, 0) is 12.1 Å². The summed E-state index contributed by atoms with van der Waals surface area (Å²) in [6.45, 7) is 0. The minimum atomic E-state index is -4.00. The molecule has 1 aromatic carbocycles. The summed E-state index contributed by atoms with van der Waals surface area (Å²) in [5, 5.41) is 0. The van der Waals surface area contributed by atoms with E-state index in [1.165, 1.54) is 12.1 Å². The van der Waals surface area contributed by atoms with Crippen molar-refractivity contribution >= 4 is 22.1 Å². The SMILES string of the molecule is N[C@H]1CC(=O)OC1=O.O=S(=O)(O)c1ccccc1. The van der Waals surface area contributed by atoms with Crippen molar-refractivity contribution in [2.45, 2.75) is 17.4 Å². The predicted molar refractivity (Wildman–Crippen MR) is 59.9 cm³/mol. The summed E-state index contributed by atoms with van der Waals surface area (Å²) in [6, 6.07) is 6.70. The average Bonchev–Trinajstić information content (AvgIpc) is 2.57. The first-order chi connectivity index (χ1) is 8.30. The van der Waals surface area contributed by atoms with Gasteiger partial charge in [-0.1, -0.05) is 18.2 Å². The molecule has 0 unspecified atom stereocenters. The molecule has 0 bridgehead atoms. The molecule has 3 N–H and O–H groups in total. The van der Waals surface area contributed by atoms with Crippen molar-refractivity contribution in [1.82, 2.24) is 0 Å². The Morgan fingerprint density at radius 2 is 1.78 bits per heavy atom. The molecule has 1 aliphatic rings. The first kappa shape index (κ1) is 14.3. The first-order valence-electron chi connectivity index (χ1n) is 4.83. The van der Waals surface area contributed by atoms with Crippen molar-refractivity contribution in [2.24, 2.45) is 5.73 Å². The molecule has 98 valence electrons. The third-order valence-corrected chi connectivity index (χ3v) is 2.81. The molecule has 1 saturated heterocycles. The minimum absolute atomic E-state index is 0.0266. The maximum absolute atomic E-state index is 10.4. The molecule has 0 spiro atoms. The number of benzene rings is 1. The Balaban J connectivity index is 0.000000184. The number of hydrogen-bond acceptors (Lipinski definition) is 6. The molecule has 0 aromatic heterocycles. The molecule has 1 fully saturated rings. The van der Waals surface area contributed by atoms with Gasteiger partial charge in [-0.15, -0.1) is 0 Å². The number of hydrogen-bond donors (Lipinski definition) is 2. The Bertz CT molecular complexity index is 539. The summed E-state index contributed by atoms with van der Waals surface area (Å²) >= 11 is 0. The summed E-state index contributed by atoms with van der Waals surface area (Å²) < 4.78 is 33.3. The molecule has 18 heavy (non-hydrogen) atoms. The summed E-state index contributed by atoms with van der Waals surface area (Å²) in [7, 11) is -4.00. The van der Waals surface area contributed by atoms with Crippen LogP contribution in [0.4, 0.5) is 0 Å². The van der Waals surface area contributed by atoms with Crippen LogP contribution in [0.1, 0.15) is 6.42 Å². The van der Waals surface area contributed by atoms with Gasteiger partial charge in [0.05, 0.1) is 11.3 Å². The van der Waals surface area contributed by atoms with E-state index in [0.29, 0.717) is 0 Å². The van der Waals surface area contributed by atoms with Crippen molar-refractivity contribution in [3.8, 4) is 0 Å². The zero-order valence-corrected chi connectivity index (χ0v) is 9.96. The van der Waals surface area contributed by atoms with E-state index < -0.39 is 28.1 Å². The number of cyclic esters (lactones) is 2. The minimum Gasteiger partial charge on any atom is -0.392 e. The third kappa shape index (κ3) is 4.24. The summed E-state index contributed by atoms with van der Waals surface area (Å²) in [6.07, 6.45) is 0.0266. The first-order valence-corrected chi connectivity index (χ1v) is 6.27. The van der Waals surface area contributed by atoms with Crippen molar-refractivity contribution in [2.75, 3.05) is 0 Å². The Morgan fingerprint density at radius 1 is 1.22 bits per heavy atom. The van der Waals surface area contributed by atoms with E-state index in [9.17, 15) is 18.0 Å². The Morgan fingerprint density at radius 3 is 2.00 bits per heavy atom. The number of nitrogens with two attached hydrogens (primary N) is 1. The van der Waals surface area contributed by atoms with Crippen molar-refractivity contribution in [3.05, 3.63) is 30.3 Å². The van der Waals surface area contributed by atoms with Crippen LogP contribution in [0.3, 0.4) is 0 Å². The Hall–Kier alpha value is -1.77. The maximum Gasteiger partial charge on any atom is 0.331 e. The number of carbonyl (C=O) groups excluding carboxylic acids is 2. The fraction of sp³-hybridized carbons (Fsp3) is 0.200. The molecule has 2 rings (SSSR count). The van der Waals surface area contributed by atoms with Gasteiger partial charge in [-0.25, -0.2) is 4.79 Å². The number of esters is 2. The van der Waals surface area contributed by atoms with Gasteiger partial charge in [-0.3, -0.25) is 9.35 Å². The highest BCUT2D eigenvalue weighted by Gasteiger charge is 2.29.